The average molecular weight is 319 g/mol. The van der Waals surface area contributed by atoms with Gasteiger partial charge in [-0.15, -0.1) is 0 Å². The summed E-state index contributed by atoms with van der Waals surface area (Å²) in [5.41, 5.74) is 0.0303. The van der Waals surface area contributed by atoms with E-state index in [1.807, 2.05) is 20.8 Å². The van der Waals surface area contributed by atoms with E-state index in [4.69, 9.17) is 4.52 Å². The molecular weight excluding hydrogens is 281 g/mol. The first-order valence-electron chi connectivity index (χ1n) is 8.48. The van der Waals surface area contributed by atoms with E-state index in [1.165, 1.54) is 19.3 Å². The topological polar surface area (TPSA) is 29.5 Å². The number of hydrogen-bond acceptors (Lipinski definition) is 2. The monoisotopic (exact) mass is 319 g/mol. The van der Waals surface area contributed by atoms with Gasteiger partial charge >= 0.3 is 0 Å². The molecule has 1 unspecified atom stereocenters. The van der Waals surface area contributed by atoms with Crippen molar-refractivity contribution >= 4 is 7.52 Å². The van der Waals surface area contributed by atoms with E-state index in [0.717, 1.165) is 19.5 Å². The van der Waals surface area contributed by atoms with Crippen LogP contribution in [0.3, 0.4) is 0 Å². The molecule has 4 heteroatoms. The third-order valence-electron chi connectivity index (χ3n) is 3.53. The molecule has 0 saturated carbocycles. The predicted molar refractivity (Wildman–Crippen MR) is 94.2 cm³/mol. The Balaban J connectivity index is 4.96. The van der Waals surface area contributed by atoms with Gasteiger partial charge in [-0.25, -0.2) is 4.67 Å². The molecule has 0 aromatic carbocycles. The summed E-state index contributed by atoms with van der Waals surface area (Å²) >= 11 is 0. The van der Waals surface area contributed by atoms with Gasteiger partial charge in [0.1, 0.15) is 0 Å². The minimum Gasteiger partial charge on any atom is -0.316 e. The normalized spacial score (nSPS) is 16.2. The summed E-state index contributed by atoms with van der Waals surface area (Å²) < 4.78 is 21.7. The Hall–Kier alpha value is 0.150. The number of hydrogen-bond donors (Lipinski definition) is 0. The van der Waals surface area contributed by atoms with Gasteiger partial charge in [-0.2, -0.15) is 0 Å². The zero-order valence-electron chi connectivity index (χ0n) is 15.7. The highest BCUT2D eigenvalue weighted by Gasteiger charge is 2.43. The summed E-state index contributed by atoms with van der Waals surface area (Å²) in [6.07, 6.45) is 4.78. The Labute approximate surface area is 133 Å². The lowest BCUT2D eigenvalue weighted by Gasteiger charge is -2.40. The summed E-state index contributed by atoms with van der Waals surface area (Å²) in [6, 6.07) is 0. The first-order valence-corrected chi connectivity index (χ1v) is 10.1. The summed E-state index contributed by atoms with van der Waals surface area (Å²) in [5, 5.41) is -0.348. The minimum atomic E-state index is -2.83. The molecule has 0 spiro atoms. The fourth-order valence-corrected chi connectivity index (χ4v) is 4.92. The van der Waals surface area contributed by atoms with Gasteiger partial charge < -0.3 is 4.52 Å². The van der Waals surface area contributed by atoms with Crippen molar-refractivity contribution in [3.05, 3.63) is 0 Å². The first kappa shape index (κ1) is 21.1. The molecule has 21 heavy (non-hydrogen) atoms. The smallest absolute Gasteiger partial charge is 0.277 e. The molecule has 0 N–H and O–H groups in total. The molecule has 3 nitrogen and oxygen atoms in total. The summed E-state index contributed by atoms with van der Waals surface area (Å²) in [7, 11) is -2.83. The molecule has 0 radical (unpaired) electrons. The SMILES string of the molecule is CCCCCCN(CC)P(=O)(OCC(C)(C)C)C(C)(C)C. The van der Waals surface area contributed by atoms with Gasteiger partial charge in [-0.3, -0.25) is 4.57 Å². The zero-order chi connectivity index (χ0) is 16.7. The molecule has 0 fully saturated rings. The highest BCUT2D eigenvalue weighted by atomic mass is 31.2. The summed E-state index contributed by atoms with van der Waals surface area (Å²) in [4.78, 5) is 0. The van der Waals surface area contributed by atoms with Crippen molar-refractivity contribution in [1.29, 1.82) is 0 Å². The Kier molecular flexibility index (Phi) is 8.76. The molecule has 0 aliphatic heterocycles. The molecule has 0 aromatic rings. The van der Waals surface area contributed by atoms with Gasteiger partial charge in [0.15, 0.2) is 0 Å². The molecule has 0 amide bonds. The van der Waals surface area contributed by atoms with Crippen LogP contribution < -0.4 is 0 Å². The Bertz CT molecular complexity index is 329. The van der Waals surface area contributed by atoms with E-state index >= 15 is 0 Å². The van der Waals surface area contributed by atoms with Crippen molar-refractivity contribution < 1.29 is 9.09 Å². The highest BCUT2D eigenvalue weighted by molar-refractivity contribution is 7.58. The number of nitrogens with zero attached hydrogens (tertiary/aromatic N) is 1. The Morgan fingerprint density at radius 1 is 0.952 bits per heavy atom. The summed E-state index contributed by atoms with van der Waals surface area (Å²) in [6.45, 7) is 18.9. The van der Waals surface area contributed by atoms with Crippen LogP contribution in [0.4, 0.5) is 0 Å². The Morgan fingerprint density at radius 2 is 1.52 bits per heavy atom. The quantitative estimate of drug-likeness (QED) is 0.389. The Morgan fingerprint density at radius 3 is 1.90 bits per heavy atom. The van der Waals surface area contributed by atoms with Crippen molar-refractivity contribution in [3.63, 3.8) is 0 Å². The standard InChI is InChI=1S/C17H38NO2P/c1-9-11-12-13-14-18(10-2)21(19,17(6,7)8)20-15-16(3,4)5/h9-15H2,1-8H3. The highest BCUT2D eigenvalue weighted by Crippen LogP contribution is 2.61. The molecule has 0 heterocycles. The van der Waals surface area contributed by atoms with E-state index < -0.39 is 7.52 Å². The number of rotatable bonds is 9. The predicted octanol–water partition coefficient (Wildman–Crippen LogP) is 5.94. The van der Waals surface area contributed by atoms with Crippen LogP contribution in [0.2, 0.25) is 0 Å². The first-order chi connectivity index (χ1) is 9.48. The molecule has 0 aliphatic carbocycles. The lowest BCUT2D eigenvalue weighted by Crippen LogP contribution is -2.34. The fraction of sp³-hybridized carbons (Fsp3) is 1.00. The molecule has 0 bridgehead atoms. The van der Waals surface area contributed by atoms with E-state index in [0.29, 0.717) is 6.61 Å². The second-order valence-corrected chi connectivity index (χ2v) is 11.3. The van der Waals surface area contributed by atoms with Crippen LogP contribution in [-0.2, 0) is 9.09 Å². The maximum atomic E-state index is 13.6. The molecule has 128 valence electrons. The van der Waals surface area contributed by atoms with Crippen LogP contribution in [0.1, 0.15) is 81.1 Å². The van der Waals surface area contributed by atoms with E-state index in [9.17, 15) is 4.57 Å². The second kappa shape index (κ2) is 8.70. The van der Waals surface area contributed by atoms with Crippen LogP contribution in [-0.4, -0.2) is 29.5 Å². The van der Waals surface area contributed by atoms with E-state index in [1.54, 1.807) is 0 Å². The van der Waals surface area contributed by atoms with E-state index in [-0.39, 0.29) is 10.6 Å². The molecule has 0 saturated heterocycles. The largest absolute Gasteiger partial charge is 0.316 e. The van der Waals surface area contributed by atoms with Crippen molar-refractivity contribution in [2.75, 3.05) is 19.7 Å². The number of unbranched alkanes of at least 4 members (excludes halogenated alkanes) is 3. The zero-order valence-corrected chi connectivity index (χ0v) is 16.6. The lowest BCUT2D eigenvalue weighted by atomic mass is 9.99. The molecule has 1 atom stereocenters. The van der Waals surface area contributed by atoms with Gasteiger partial charge in [-0.1, -0.05) is 53.9 Å². The molecular formula is C17H38NO2P. The maximum absolute atomic E-state index is 13.6. The molecule has 0 rings (SSSR count). The van der Waals surface area contributed by atoms with Gasteiger partial charge in [-0.05, 0) is 32.6 Å². The van der Waals surface area contributed by atoms with Crippen LogP contribution in [0, 0.1) is 5.41 Å². The van der Waals surface area contributed by atoms with Gasteiger partial charge in [0, 0.05) is 13.1 Å². The third kappa shape index (κ3) is 7.30. The van der Waals surface area contributed by atoms with Crippen molar-refractivity contribution in [3.8, 4) is 0 Å². The van der Waals surface area contributed by atoms with Crippen molar-refractivity contribution in [2.45, 2.75) is 86.2 Å². The fourth-order valence-electron chi connectivity index (χ4n) is 2.18. The molecule has 0 aromatic heterocycles. The molecule has 0 aliphatic rings. The third-order valence-corrected chi connectivity index (χ3v) is 6.93. The van der Waals surface area contributed by atoms with E-state index in [2.05, 4.69) is 39.3 Å². The van der Waals surface area contributed by atoms with Crippen molar-refractivity contribution in [1.82, 2.24) is 4.67 Å². The van der Waals surface area contributed by atoms with Crippen LogP contribution in [0.5, 0.6) is 0 Å². The van der Waals surface area contributed by atoms with Gasteiger partial charge in [0.2, 0.25) is 0 Å². The van der Waals surface area contributed by atoms with Gasteiger partial charge in [0.25, 0.3) is 7.52 Å². The van der Waals surface area contributed by atoms with Crippen LogP contribution in [0.25, 0.3) is 0 Å². The van der Waals surface area contributed by atoms with Crippen LogP contribution >= 0.6 is 7.52 Å². The minimum absolute atomic E-state index is 0.0303. The second-order valence-electron chi connectivity index (χ2n) is 8.13. The lowest BCUT2D eigenvalue weighted by molar-refractivity contribution is 0.169. The maximum Gasteiger partial charge on any atom is 0.277 e. The summed E-state index contributed by atoms with van der Waals surface area (Å²) in [5.74, 6) is 0. The van der Waals surface area contributed by atoms with Crippen molar-refractivity contribution in [2.24, 2.45) is 5.41 Å². The average Bonchev–Trinajstić information content (AvgIpc) is 2.34. The van der Waals surface area contributed by atoms with Gasteiger partial charge in [0.05, 0.1) is 11.8 Å². The van der Waals surface area contributed by atoms with Crippen LogP contribution in [0.15, 0.2) is 0 Å².